The van der Waals surface area contributed by atoms with Gasteiger partial charge in [0.25, 0.3) is 5.91 Å². The number of nitrogens with one attached hydrogen (secondary N) is 1. The Morgan fingerprint density at radius 3 is 2.61 bits per heavy atom. The number of carbonyl (C=O) groups excluding carboxylic acids is 1. The molecular weight excluding hydrogens is 495 g/mol. The van der Waals surface area contributed by atoms with Crippen LogP contribution < -0.4 is 10.2 Å². The van der Waals surface area contributed by atoms with Crippen LogP contribution in [-0.4, -0.2) is 39.9 Å². The summed E-state index contributed by atoms with van der Waals surface area (Å²) in [5.41, 5.74) is 0.932. The molecule has 200 valence electrons. The van der Waals surface area contributed by atoms with Gasteiger partial charge in [-0.3, -0.25) is 4.79 Å². The molecular formula is C28H30F3N5O2. The normalized spacial score (nSPS) is 26.4. The van der Waals surface area contributed by atoms with Crippen LogP contribution in [0.5, 0.6) is 0 Å². The number of aryl methyl sites for hydroxylation is 1. The minimum Gasteiger partial charge on any atom is -0.381 e. The lowest BCUT2D eigenvalue weighted by molar-refractivity contribution is -0.138. The number of carbonyl (C=O) groups is 1. The van der Waals surface area contributed by atoms with Crippen molar-refractivity contribution in [2.24, 2.45) is 13.0 Å². The van der Waals surface area contributed by atoms with Gasteiger partial charge in [0, 0.05) is 38.0 Å². The van der Waals surface area contributed by atoms with Gasteiger partial charge in [0.15, 0.2) is 0 Å². The number of amides is 1. The van der Waals surface area contributed by atoms with Crippen LogP contribution in [0.15, 0.2) is 42.7 Å². The summed E-state index contributed by atoms with van der Waals surface area (Å²) in [6.07, 6.45) is -0.434. The molecule has 2 saturated carbocycles. The van der Waals surface area contributed by atoms with Crippen LogP contribution in [0.1, 0.15) is 64.6 Å². The Labute approximate surface area is 219 Å². The number of alkyl halides is 3. The van der Waals surface area contributed by atoms with Crippen molar-refractivity contribution >= 4 is 11.6 Å². The molecule has 0 bridgehead atoms. The van der Waals surface area contributed by atoms with E-state index in [0.717, 1.165) is 17.8 Å². The molecule has 1 aliphatic heterocycles. The monoisotopic (exact) mass is 525 g/mol. The van der Waals surface area contributed by atoms with Gasteiger partial charge in [-0.15, -0.1) is 10.2 Å². The molecule has 1 aromatic heterocycles. The molecule has 0 unspecified atom stereocenters. The van der Waals surface area contributed by atoms with Gasteiger partial charge in [-0.05, 0) is 66.1 Å². The highest BCUT2D eigenvalue weighted by molar-refractivity contribution is 6.10. The van der Waals surface area contributed by atoms with E-state index in [1.54, 1.807) is 25.6 Å². The molecule has 0 spiro atoms. The van der Waals surface area contributed by atoms with Crippen molar-refractivity contribution < 1.29 is 22.7 Å². The van der Waals surface area contributed by atoms with Crippen molar-refractivity contribution in [3.63, 3.8) is 0 Å². The number of nitrogens with zero attached hydrogens (tertiary/aromatic N) is 4. The van der Waals surface area contributed by atoms with E-state index in [4.69, 9.17) is 4.74 Å². The second kappa shape index (κ2) is 8.91. The average molecular weight is 526 g/mol. The smallest absolute Gasteiger partial charge is 0.381 e. The minimum absolute atomic E-state index is 0.0301. The summed E-state index contributed by atoms with van der Waals surface area (Å²) in [7, 11) is 3.56. The van der Waals surface area contributed by atoms with E-state index in [2.05, 4.69) is 22.4 Å². The van der Waals surface area contributed by atoms with Gasteiger partial charge in [-0.2, -0.15) is 13.2 Å². The zero-order valence-corrected chi connectivity index (χ0v) is 21.5. The molecule has 1 N–H and O–H groups in total. The third-order valence-corrected chi connectivity index (χ3v) is 8.42. The van der Waals surface area contributed by atoms with Crippen LogP contribution in [0.3, 0.4) is 0 Å². The Balaban J connectivity index is 1.34. The van der Waals surface area contributed by atoms with Crippen molar-refractivity contribution in [3.05, 3.63) is 76.4 Å². The quantitative estimate of drug-likeness (QED) is 0.489. The summed E-state index contributed by atoms with van der Waals surface area (Å²) in [6.45, 7) is 2.27. The molecule has 3 aliphatic rings. The van der Waals surface area contributed by atoms with Crippen LogP contribution in [-0.2, 0) is 36.5 Å². The number of rotatable bonds is 7. The van der Waals surface area contributed by atoms with E-state index in [0.29, 0.717) is 42.6 Å². The first kappa shape index (κ1) is 25.1. The van der Waals surface area contributed by atoms with E-state index in [1.807, 2.05) is 29.8 Å². The van der Waals surface area contributed by atoms with Crippen LogP contribution >= 0.6 is 0 Å². The molecule has 1 amide bonds. The van der Waals surface area contributed by atoms with E-state index in [1.165, 1.54) is 11.0 Å². The lowest BCUT2D eigenvalue weighted by atomic mass is 9.62. The summed E-state index contributed by atoms with van der Waals surface area (Å²) in [5.74, 6) is 0.899. The highest BCUT2D eigenvalue weighted by Crippen LogP contribution is 2.50. The Bertz CT molecular complexity index is 1400. The molecule has 10 heteroatoms. The predicted molar refractivity (Wildman–Crippen MR) is 135 cm³/mol. The third kappa shape index (κ3) is 4.10. The van der Waals surface area contributed by atoms with Gasteiger partial charge >= 0.3 is 6.18 Å². The maximum absolute atomic E-state index is 14.1. The first-order valence-electron chi connectivity index (χ1n) is 12.9. The number of fused-ring (bicyclic) bond motifs is 1. The predicted octanol–water partition coefficient (Wildman–Crippen LogP) is 4.59. The SMILES string of the molecule is COC1CC(c2cccc(N3Cc4c(cc(CN[C@@H]5C[C@H]5C)cc4C(F)(F)F)C3=O)c2)(c2nncn2C)C1. The molecule has 38 heavy (non-hydrogen) atoms. The zero-order chi connectivity index (χ0) is 26.8. The molecule has 0 radical (unpaired) electrons. The van der Waals surface area contributed by atoms with Gasteiger partial charge < -0.3 is 19.5 Å². The van der Waals surface area contributed by atoms with Crippen molar-refractivity contribution in [2.75, 3.05) is 12.0 Å². The number of benzene rings is 2. The molecule has 2 atom stereocenters. The third-order valence-electron chi connectivity index (χ3n) is 8.42. The minimum atomic E-state index is -4.55. The van der Waals surface area contributed by atoms with Crippen LogP contribution in [0.25, 0.3) is 0 Å². The summed E-state index contributed by atoms with van der Waals surface area (Å²) in [4.78, 5) is 15.0. The zero-order valence-electron chi connectivity index (χ0n) is 21.5. The maximum atomic E-state index is 14.1. The molecule has 2 fully saturated rings. The van der Waals surface area contributed by atoms with Gasteiger partial charge in [0.05, 0.1) is 23.6 Å². The van der Waals surface area contributed by atoms with Crippen LogP contribution in [0, 0.1) is 5.92 Å². The Morgan fingerprint density at radius 2 is 1.97 bits per heavy atom. The number of methoxy groups -OCH3 is 1. The van der Waals surface area contributed by atoms with Crippen molar-refractivity contribution in [1.29, 1.82) is 0 Å². The number of hydrogen-bond acceptors (Lipinski definition) is 5. The fourth-order valence-corrected chi connectivity index (χ4v) is 6.01. The Kier molecular flexibility index (Phi) is 5.88. The van der Waals surface area contributed by atoms with E-state index >= 15 is 0 Å². The highest BCUT2D eigenvalue weighted by Gasteiger charge is 2.50. The summed E-state index contributed by atoms with van der Waals surface area (Å²) < 4.78 is 49.8. The average Bonchev–Trinajstić information content (AvgIpc) is 3.23. The molecule has 2 heterocycles. The summed E-state index contributed by atoms with van der Waals surface area (Å²) in [6, 6.07) is 10.6. The Morgan fingerprint density at radius 1 is 1.21 bits per heavy atom. The van der Waals surface area contributed by atoms with Crippen molar-refractivity contribution in [2.45, 2.75) is 63.0 Å². The first-order chi connectivity index (χ1) is 18.1. The second-order valence-electron chi connectivity index (χ2n) is 10.9. The largest absolute Gasteiger partial charge is 0.416 e. The van der Waals surface area contributed by atoms with Gasteiger partial charge in [-0.25, -0.2) is 0 Å². The summed E-state index contributed by atoms with van der Waals surface area (Å²) in [5, 5.41) is 11.7. The van der Waals surface area contributed by atoms with E-state index in [-0.39, 0.29) is 23.8 Å². The fraction of sp³-hybridized carbons (Fsp3) is 0.464. The lowest BCUT2D eigenvalue weighted by Gasteiger charge is -2.46. The summed E-state index contributed by atoms with van der Waals surface area (Å²) >= 11 is 0. The maximum Gasteiger partial charge on any atom is 0.416 e. The number of hydrogen-bond donors (Lipinski definition) is 1. The van der Waals surface area contributed by atoms with Gasteiger partial charge in [0.1, 0.15) is 12.2 Å². The molecule has 2 aliphatic carbocycles. The molecule has 6 rings (SSSR count). The van der Waals surface area contributed by atoms with Gasteiger partial charge in [0.2, 0.25) is 0 Å². The first-order valence-corrected chi connectivity index (χ1v) is 12.9. The van der Waals surface area contributed by atoms with Crippen molar-refractivity contribution in [3.8, 4) is 0 Å². The van der Waals surface area contributed by atoms with Crippen LogP contribution in [0.2, 0.25) is 0 Å². The topological polar surface area (TPSA) is 72.3 Å². The molecule has 0 saturated heterocycles. The van der Waals surface area contributed by atoms with Crippen molar-refractivity contribution in [1.82, 2.24) is 20.1 Å². The molecule has 2 aromatic carbocycles. The van der Waals surface area contributed by atoms with Crippen LogP contribution in [0.4, 0.5) is 18.9 Å². The fourth-order valence-electron chi connectivity index (χ4n) is 6.01. The van der Waals surface area contributed by atoms with E-state index < -0.39 is 23.1 Å². The van der Waals surface area contributed by atoms with Gasteiger partial charge in [-0.1, -0.05) is 19.1 Å². The number of ether oxygens (including phenoxy) is 1. The molecule has 3 aromatic rings. The lowest BCUT2D eigenvalue weighted by Crippen LogP contribution is -2.48. The highest BCUT2D eigenvalue weighted by atomic mass is 19.4. The van der Waals surface area contributed by atoms with E-state index in [9.17, 15) is 18.0 Å². The standard InChI is InChI=1S/C28H30F3N5O2/c1-16-7-24(16)32-13-17-8-21-22(23(9-17)28(29,30)31)14-36(25(21)37)19-6-4-5-18(10-19)27(11-20(12-27)38-3)26-34-33-15-35(26)2/h4-6,8-10,15-16,20,24,32H,7,11-14H2,1-3H3/t16-,20?,24-,27?/m1/s1. The Hall–Kier alpha value is -3.24. The number of anilines is 1. The second-order valence-corrected chi connectivity index (χ2v) is 10.9. The number of halogens is 3. The molecule has 7 nitrogen and oxygen atoms in total. The number of aromatic nitrogens is 3.